The molecule has 2 N–H and O–H groups in total. The molecule has 1 atom stereocenters. The number of carbonyl (C=O) groups is 2. The van der Waals surface area contributed by atoms with Gasteiger partial charge in [0.15, 0.2) is 5.82 Å². The van der Waals surface area contributed by atoms with Crippen LogP contribution in [0.25, 0.3) is 11.4 Å². The normalized spacial score (nSPS) is 15.8. The van der Waals surface area contributed by atoms with E-state index in [0.717, 1.165) is 11.1 Å². The number of carbonyl (C=O) groups excluding carboxylic acids is 2. The van der Waals surface area contributed by atoms with Gasteiger partial charge >= 0.3 is 0 Å². The van der Waals surface area contributed by atoms with E-state index >= 15 is 0 Å². The lowest BCUT2D eigenvalue weighted by Gasteiger charge is -2.22. The van der Waals surface area contributed by atoms with Crippen LogP contribution in [0.3, 0.4) is 0 Å². The van der Waals surface area contributed by atoms with E-state index in [1.165, 1.54) is 4.68 Å². The summed E-state index contributed by atoms with van der Waals surface area (Å²) in [6, 6.07) is 8.62. The fourth-order valence-corrected chi connectivity index (χ4v) is 3.16. The summed E-state index contributed by atoms with van der Waals surface area (Å²) in [6.07, 6.45) is 3.29. The monoisotopic (exact) mass is 362 g/mol. The van der Waals surface area contributed by atoms with Crippen molar-refractivity contribution in [1.29, 1.82) is 0 Å². The van der Waals surface area contributed by atoms with Crippen molar-refractivity contribution in [2.75, 3.05) is 10.6 Å². The Morgan fingerprint density at radius 2 is 2.04 bits per heavy atom. The first-order valence-electron chi connectivity index (χ1n) is 8.55. The minimum atomic E-state index is -0.771. The highest BCUT2D eigenvalue weighted by molar-refractivity contribution is 6.00. The maximum atomic E-state index is 12.9. The molecule has 1 aliphatic heterocycles. The highest BCUT2D eigenvalue weighted by Gasteiger charge is 2.33. The predicted octanol–water partition coefficient (Wildman–Crippen LogP) is 2.48. The Balaban J connectivity index is 1.65. The molecule has 3 heterocycles. The number of amides is 2. The fourth-order valence-electron chi connectivity index (χ4n) is 3.16. The number of nitrogens with zero attached hydrogens (tertiary/aromatic N) is 4. The molecule has 0 bridgehead atoms. The van der Waals surface area contributed by atoms with Crippen LogP contribution in [0.2, 0.25) is 0 Å². The molecule has 1 aliphatic rings. The number of rotatable bonds is 3. The van der Waals surface area contributed by atoms with E-state index in [1.54, 1.807) is 18.5 Å². The van der Waals surface area contributed by atoms with Crippen molar-refractivity contribution in [2.24, 2.45) is 0 Å². The van der Waals surface area contributed by atoms with Crippen LogP contribution in [-0.2, 0) is 9.59 Å². The summed E-state index contributed by atoms with van der Waals surface area (Å²) in [4.78, 5) is 33.3. The number of anilines is 2. The molecule has 136 valence electrons. The van der Waals surface area contributed by atoms with Crippen molar-refractivity contribution in [3.8, 4) is 11.4 Å². The van der Waals surface area contributed by atoms with Crippen molar-refractivity contribution in [3.63, 3.8) is 0 Å². The van der Waals surface area contributed by atoms with Crippen molar-refractivity contribution in [3.05, 3.63) is 53.9 Å². The Kier molecular flexibility index (Phi) is 4.15. The molecule has 0 fully saturated rings. The standard InChI is InChI=1S/C19H18N6O2/c1-11-6-12(2)8-14(7-11)21-18(27)15-9-16(26)22-19-23-17(24-25(15)19)13-4-3-5-20-10-13/h3-8,10,15H,9H2,1-2H3,(H,21,27)(H,22,23,24,26)/t15-/m0/s1. The third-order valence-corrected chi connectivity index (χ3v) is 4.27. The lowest BCUT2D eigenvalue weighted by Crippen LogP contribution is -2.36. The van der Waals surface area contributed by atoms with E-state index < -0.39 is 6.04 Å². The summed E-state index contributed by atoms with van der Waals surface area (Å²) in [5.41, 5.74) is 3.50. The second kappa shape index (κ2) is 6.64. The second-order valence-electron chi connectivity index (χ2n) is 6.58. The van der Waals surface area contributed by atoms with Crippen molar-refractivity contribution in [1.82, 2.24) is 19.7 Å². The number of hydrogen-bond donors (Lipinski definition) is 2. The Labute approximate surface area is 155 Å². The highest BCUT2D eigenvalue weighted by atomic mass is 16.2. The van der Waals surface area contributed by atoms with Crippen molar-refractivity contribution >= 4 is 23.5 Å². The van der Waals surface area contributed by atoms with Gasteiger partial charge in [-0.1, -0.05) is 6.07 Å². The lowest BCUT2D eigenvalue weighted by atomic mass is 10.1. The SMILES string of the molecule is Cc1cc(C)cc(NC(=O)[C@@H]2CC(=O)Nc3nc(-c4cccnc4)nn32)c1. The maximum absolute atomic E-state index is 12.9. The molecule has 27 heavy (non-hydrogen) atoms. The van der Waals surface area contributed by atoms with Crippen LogP contribution in [0.5, 0.6) is 0 Å². The first-order chi connectivity index (χ1) is 13.0. The molecule has 4 rings (SSSR count). The highest BCUT2D eigenvalue weighted by Crippen LogP contribution is 2.27. The molecule has 8 heteroatoms. The van der Waals surface area contributed by atoms with Gasteiger partial charge in [-0.15, -0.1) is 5.10 Å². The van der Waals surface area contributed by atoms with Gasteiger partial charge in [-0.2, -0.15) is 4.98 Å². The van der Waals surface area contributed by atoms with Crippen molar-refractivity contribution < 1.29 is 9.59 Å². The number of aryl methyl sites for hydroxylation is 2. The molecule has 0 spiro atoms. The van der Waals surface area contributed by atoms with Crippen LogP contribution < -0.4 is 10.6 Å². The molecule has 0 saturated heterocycles. The number of benzene rings is 1. The average molecular weight is 362 g/mol. The largest absolute Gasteiger partial charge is 0.324 e. The number of aromatic nitrogens is 4. The fraction of sp³-hybridized carbons (Fsp3) is 0.211. The molecule has 0 unspecified atom stereocenters. The first-order valence-corrected chi connectivity index (χ1v) is 8.55. The number of pyridine rings is 1. The van der Waals surface area contributed by atoms with E-state index in [2.05, 4.69) is 25.7 Å². The van der Waals surface area contributed by atoms with E-state index in [9.17, 15) is 9.59 Å². The van der Waals surface area contributed by atoms with Crippen molar-refractivity contribution in [2.45, 2.75) is 26.3 Å². The maximum Gasteiger partial charge on any atom is 0.249 e. The van der Waals surface area contributed by atoms with Crippen LogP contribution in [0.15, 0.2) is 42.7 Å². The summed E-state index contributed by atoms with van der Waals surface area (Å²) in [5, 5.41) is 9.98. The van der Waals surface area contributed by atoms with Gasteiger partial charge in [0.1, 0.15) is 6.04 Å². The van der Waals surface area contributed by atoms with Gasteiger partial charge in [-0.3, -0.25) is 19.9 Å². The smallest absolute Gasteiger partial charge is 0.249 e. The topological polar surface area (TPSA) is 102 Å². The predicted molar refractivity (Wildman–Crippen MR) is 100 cm³/mol. The summed E-state index contributed by atoms with van der Waals surface area (Å²) in [5.74, 6) is 0.0853. The molecule has 0 saturated carbocycles. The van der Waals surface area contributed by atoms with E-state index in [4.69, 9.17) is 0 Å². The zero-order chi connectivity index (χ0) is 19.0. The molecular formula is C19H18N6O2. The molecule has 3 aromatic rings. The van der Waals surface area contributed by atoms with Gasteiger partial charge in [0.25, 0.3) is 0 Å². The Hall–Kier alpha value is -3.55. The summed E-state index contributed by atoms with van der Waals surface area (Å²) >= 11 is 0. The summed E-state index contributed by atoms with van der Waals surface area (Å²) < 4.78 is 1.46. The van der Waals surface area contributed by atoms with Gasteiger partial charge in [0.2, 0.25) is 17.8 Å². The average Bonchev–Trinajstić information content (AvgIpc) is 3.04. The van der Waals surface area contributed by atoms with Gasteiger partial charge in [0, 0.05) is 23.6 Å². The first kappa shape index (κ1) is 16.9. The molecular weight excluding hydrogens is 344 g/mol. The number of hydrogen-bond acceptors (Lipinski definition) is 5. The Morgan fingerprint density at radius 1 is 1.26 bits per heavy atom. The number of fused-ring (bicyclic) bond motifs is 1. The zero-order valence-corrected chi connectivity index (χ0v) is 14.9. The summed E-state index contributed by atoms with van der Waals surface area (Å²) in [6.45, 7) is 3.93. The third-order valence-electron chi connectivity index (χ3n) is 4.27. The Morgan fingerprint density at radius 3 is 2.74 bits per heavy atom. The molecule has 2 amide bonds. The van der Waals surface area contributed by atoms with Gasteiger partial charge < -0.3 is 5.32 Å². The van der Waals surface area contributed by atoms with E-state index in [0.29, 0.717) is 17.1 Å². The van der Waals surface area contributed by atoms with E-state index in [-0.39, 0.29) is 24.2 Å². The van der Waals surface area contributed by atoms with Crippen LogP contribution in [0.4, 0.5) is 11.6 Å². The van der Waals surface area contributed by atoms with Crippen LogP contribution >= 0.6 is 0 Å². The third kappa shape index (κ3) is 3.41. The van der Waals surface area contributed by atoms with Crippen LogP contribution in [0, 0.1) is 13.8 Å². The molecule has 0 radical (unpaired) electrons. The van der Waals surface area contributed by atoms with Crippen LogP contribution in [0.1, 0.15) is 23.6 Å². The van der Waals surface area contributed by atoms with Gasteiger partial charge in [-0.05, 0) is 49.2 Å². The molecule has 1 aromatic carbocycles. The quantitative estimate of drug-likeness (QED) is 0.745. The lowest BCUT2D eigenvalue weighted by molar-refractivity contribution is -0.125. The second-order valence-corrected chi connectivity index (χ2v) is 6.58. The molecule has 2 aromatic heterocycles. The van der Waals surface area contributed by atoms with Gasteiger partial charge in [-0.25, -0.2) is 4.68 Å². The Bertz CT molecular complexity index is 1010. The molecule has 0 aliphatic carbocycles. The number of nitrogens with one attached hydrogen (secondary N) is 2. The summed E-state index contributed by atoms with van der Waals surface area (Å²) in [7, 11) is 0. The van der Waals surface area contributed by atoms with Gasteiger partial charge in [0.05, 0.1) is 6.42 Å². The molecule has 8 nitrogen and oxygen atoms in total. The minimum Gasteiger partial charge on any atom is -0.324 e. The van der Waals surface area contributed by atoms with Crippen LogP contribution in [-0.4, -0.2) is 31.6 Å². The minimum absolute atomic E-state index is 0.000525. The van der Waals surface area contributed by atoms with E-state index in [1.807, 2.05) is 38.1 Å². The zero-order valence-electron chi connectivity index (χ0n) is 14.9.